The second kappa shape index (κ2) is 13.1. The van der Waals surface area contributed by atoms with Crippen LogP contribution in [0.1, 0.15) is 57.4 Å². The van der Waals surface area contributed by atoms with Crippen LogP contribution >= 0.6 is 0 Å². The Kier molecular flexibility index (Phi) is 9.58. The van der Waals surface area contributed by atoms with Crippen LogP contribution in [0.3, 0.4) is 0 Å². The number of ether oxygens (including phenoxy) is 3. The maximum Gasteiger partial charge on any atom is 0.201 e. The van der Waals surface area contributed by atoms with E-state index in [0.717, 1.165) is 25.7 Å². The van der Waals surface area contributed by atoms with Gasteiger partial charge < -0.3 is 14.2 Å². The minimum absolute atomic E-state index is 0.0353. The summed E-state index contributed by atoms with van der Waals surface area (Å²) in [6.07, 6.45) is 7.37. The molecule has 0 N–H and O–H groups in total. The van der Waals surface area contributed by atoms with Crippen LogP contribution in [0.5, 0.6) is 5.75 Å². The molecule has 0 radical (unpaired) electrons. The molecule has 1 fully saturated rings. The van der Waals surface area contributed by atoms with Crippen LogP contribution in [0.25, 0.3) is 22.3 Å². The van der Waals surface area contributed by atoms with Crippen molar-refractivity contribution >= 4 is 0 Å². The summed E-state index contributed by atoms with van der Waals surface area (Å²) in [5.41, 5.74) is 1.13. The van der Waals surface area contributed by atoms with Crippen LogP contribution in [0, 0.1) is 23.3 Å². The molecule has 0 aliphatic carbocycles. The van der Waals surface area contributed by atoms with Gasteiger partial charge in [0.2, 0.25) is 5.82 Å². The standard InChI is InChI=1S/C31H32F4O3/c1-3-5-7-8-27-37-18-22(19-38-27)25-14-13-23(28(32)29(25)33)20-9-11-21(12-10-20)24-15-16-26(31(35)30(24)34)36-17-6-4-2/h6,9-17,22,27H,3-5,7-8,18-19H2,1-2H3. The second-order valence-electron chi connectivity index (χ2n) is 9.33. The van der Waals surface area contributed by atoms with E-state index in [1.54, 1.807) is 24.3 Å². The third-order valence-corrected chi connectivity index (χ3v) is 6.64. The smallest absolute Gasteiger partial charge is 0.201 e. The molecule has 0 unspecified atom stereocenters. The Morgan fingerprint density at radius 3 is 1.97 bits per heavy atom. The van der Waals surface area contributed by atoms with Gasteiger partial charge in [0.25, 0.3) is 0 Å². The van der Waals surface area contributed by atoms with Gasteiger partial charge in [0.05, 0.1) is 19.5 Å². The summed E-state index contributed by atoms with van der Waals surface area (Å²) in [5.74, 6) is -4.67. The molecule has 0 spiro atoms. The average Bonchev–Trinajstić information content (AvgIpc) is 2.94. The highest BCUT2D eigenvalue weighted by molar-refractivity contribution is 5.72. The number of benzene rings is 3. The second-order valence-corrected chi connectivity index (χ2v) is 9.33. The van der Waals surface area contributed by atoms with Crippen molar-refractivity contribution < 1.29 is 31.8 Å². The summed E-state index contributed by atoms with van der Waals surface area (Å²) in [7, 11) is 0. The molecule has 3 aromatic rings. The molecule has 0 atom stereocenters. The normalized spacial score (nSPS) is 17.7. The predicted octanol–water partition coefficient (Wildman–Crippen LogP) is 8.92. The fourth-order valence-corrected chi connectivity index (χ4v) is 4.45. The Morgan fingerprint density at radius 1 is 0.763 bits per heavy atom. The molecular formula is C31H32F4O3. The first kappa shape index (κ1) is 27.9. The van der Waals surface area contributed by atoms with E-state index in [9.17, 15) is 8.78 Å². The monoisotopic (exact) mass is 528 g/mol. The zero-order valence-electron chi connectivity index (χ0n) is 21.6. The fraction of sp³-hybridized carbons (Fsp3) is 0.355. The Morgan fingerprint density at radius 2 is 1.37 bits per heavy atom. The van der Waals surface area contributed by atoms with Gasteiger partial charge in [-0.1, -0.05) is 63.1 Å². The van der Waals surface area contributed by atoms with Crippen LogP contribution in [0.15, 0.2) is 60.9 Å². The van der Waals surface area contributed by atoms with Gasteiger partial charge in [-0.25, -0.2) is 13.2 Å². The number of hydrogen-bond acceptors (Lipinski definition) is 3. The van der Waals surface area contributed by atoms with Crippen molar-refractivity contribution in [1.29, 1.82) is 0 Å². The molecule has 0 amide bonds. The van der Waals surface area contributed by atoms with Crippen LogP contribution in [-0.4, -0.2) is 19.5 Å². The van der Waals surface area contributed by atoms with Crippen LogP contribution < -0.4 is 4.74 Å². The van der Waals surface area contributed by atoms with Gasteiger partial charge in [0.15, 0.2) is 29.5 Å². The summed E-state index contributed by atoms with van der Waals surface area (Å²) in [5, 5.41) is 0. The van der Waals surface area contributed by atoms with Gasteiger partial charge >= 0.3 is 0 Å². The number of rotatable bonds is 10. The van der Waals surface area contributed by atoms with E-state index in [0.29, 0.717) is 17.5 Å². The number of halogens is 4. The zero-order valence-corrected chi connectivity index (χ0v) is 21.6. The first-order valence-electron chi connectivity index (χ1n) is 13.1. The molecule has 1 saturated heterocycles. The Labute approximate surface area is 221 Å². The lowest BCUT2D eigenvalue weighted by atomic mass is 9.94. The highest BCUT2D eigenvalue weighted by Crippen LogP contribution is 2.34. The molecule has 1 aliphatic rings. The third kappa shape index (κ3) is 6.27. The Balaban J connectivity index is 1.48. The maximum atomic E-state index is 15.1. The molecule has 0 bridgehead atoms. The minimum atomic E-state index is -1.10. The lowest BCUT2D eigenvalue weighted by Gasteiger charge is -2.30. The van der Waals surface area contributed by atoms with Crippen molar-refractivity contribution in [3.05, 3.63) is 89.7 Å². The van der Waals surface area contributed by atoms with E-state index in [-0.39, 0.29) is 41.9 Å². The highest BCUT2D eigenvalue weighted by Gasteiger charge is 2.27. The lowest BCUT2D eigenvalue weighted by molar-refractivity contribution is -0.190. The van der Waals surface area contributed by atoms with Gasteiger partial charge in [-0.2, -0.15) is 4.39 Å². The first-order valence-corrected chi connectivity index (χ1v) is 13.1. The molecule has 4 rings (SSSR count). The third-order valence-electron chi connectivity index (χ3n) is 6.64. The molecule has 3 nitrogen and oxygen atoms in total. The van der Waals surface area contributed by atoms with E-state index < -0.39 is 29.2 Å². The van der Waals surface area contributed by atoms with E-state index in [4.69, 9.17) is 14.2 Å². The van der Waals surface area contributed by atoms with Gasteiger partial charge in [-0.3, -0.25) is 0 Å². The molecule has 38 heavy (non-hydrogen) atoms. The van der Waals surface area contributed by atoms with Crippen molar-refractivity contribution in [2.24, 2.45) is 0 Å². The summed E-state index contributed by atoms with van der Waals surface area (Å²) in [6.45, 7) is 4.55. The van der Waals surface area contributed by atoms with Gasteiger partial charge in [0, 0.05) is 17.0 Å². The van der Waals surface area contributed by atoms with Crippen LogP contribution in [0.4, 0.5) is 17.6 Å². The number of unbranched alkanes of at least 4 members (excludes halogenated alkanes) is 2. The fourth-order valence-electron chi connectivity index (χ4n) is 4.45. The van der Waals surface area contributed by atoms with Crippen molar-refractivity contribution in [2.75, 3.05) is 13.2 Å². The first-order chi connectivity index (χ1) is 18.4. The SMILES string of the molecule is CCC=COc1ccc(-c2ccc(-c3ccc(C4COC(CCCCC)OC4)c(F)c3F)cc2)c(F)c1F. The molecular weight excluding hydrogens is 496 g/mol. The van der Waals surface area contributed by atoms with Gasteiger partial charge in [-0.15, -0.1) is 0 Å². The Hall–Kier alpha value is -3.16. The molecule has 202 valence electrons. The van der Waals surface area contributed by atoms with E-state index in [1.165, 1.54) is 36.6 Å². The van der Waals surface area contributed by atoms with Crippen molar-refractivity contribution in [3.63, 3.8) is 0 Å². The minimum Gasteiger partial charge on any atom is -0.462 e. The van der Waals surface area contributed by atoms with Crippen molar-refractivity contribution in [3.8, 4) is 28.0 Å². The molecule has 7 heteroatoms. The van der Waals surface area contributed by atoms with Gasteiger partial charge in [0.1, 0.15) is 0 Å². The lowest BCUT2D eigenvalue weighted by Crippen LogP contribution is -2.31. The zero-order chi connectivity index (χ0) is 27.1. The van der Waals surface area contributed by atoms with E-state index in [1.807, 2.05) is 6.92 Å². The molecule has 1 heterocycles. The number of hydrogen-bond donors (Lipinski definition) is 0. The summed E-state index contributed by atoms with van der Waals surface area (Å²) in [4.78, 5) is 0. The molecule has 0 saturated carbocycles. The topological polar surface area (TPSA) is 27.7 Å². The highest BCUT2D eigenvalue weighted by atomic mass is 19.2. The quantitative estimate of drug-likeness (QED) is 0.149. The molecule has 3 aromatic carbocycles. The summed E-state index contributed by atoms with van der Waals surface area (Å²) in [6, 6.07) is 12.0. The summed E-state index contributed by atoms with van der Waals surface area (Å²) >= 11 is 0. The van der Waals surface area contributed by atoms with Crippen LogP contribution in [0.2, 0.25) is 0 Å². The van der Waals surface area contributed by atoms with Crippen LogP contribution in [-0.2, 0) is 9.47 Å². The van der Waals surface area contributed by atoms with Gasteiger partial charge in [-0.05, 0) is 54.2 Å². The number of allylic oxidation sites excluding steroid dienone is 1. The largest absolute Gasteiger partial charge is 0.462 e. The molecule has 0 aromatic heterocycles. The summed E-state index contributed by atoms with van der Waals surface area (Å²) < 4.78 is 75.9. The van der Waals surface area contributed by atoms with E-state index in [2.05, 4.69) is 6.92 Å². The predicted molar refractivity (Wildman–Crippen MR) is 140 cm³/mol. The van der Waals surface area contributed by atoms with Crippen molar-refractivity contribution in [1.82, 2.24) is 0 Å². The molecule has 1 aliphatic heterocycles. The van der Waals surface area contributed by atoms with Crippen molar-refractivity contribution in [2.45, 2.75) is 58.2 Å². The van der Waals surface area contributed by atoms with E-state index >= 15 is 8.78 Å². The maximum absolute atomic E-state index is 15.1. The Bertz CT molecular complexity index is 1250. The average molecular weight is 529 g/mol.